The lowest BCUT2D eigenvalue weighted by Crippen LogP contribution is -2.36. The third-order valence-electron chi connectivity index (χ3n) is 4.34. The summed E-state index contributed by atoms with van der Waals surface area (Å²) in [6.07, 6.45) is 4.08. The fourth-order valence-corrected chi connectivity index (χ4v) is 3.86. The van der Waals surface area contributed by atoms with Crippen molar-refractivity contribution in [3.05, 3.63) is 21.7 Å². The molecule has 0 saturated heterocycles. The molecule has 118 valence electrons. The molecule has 0 bridgehead atoms. The molecule has 5 heteroatoms. The van der Waals surface area contributed by atoms with E-state index in [0.717, 1.165) is 37.2 Å². The number of halogens is 2. The third kappa shape index (κ3) is 3.52. The van der Waals surface area contributed by atoms with E-state index in [1.807, 2.05) is 20.8 Å². The summed E-state index contributed by atoms with van der Waals surface area (Å²) in [6.45, 7) is 9.00. The number of hydrogen-bond acceptors (Lipinski definition) is 3. The Bertz CT molecular complexity index is 474. The van der Waals surface area contributed by atoms with Crippen molar-refractivity contribution in [3.8, 4) is 0 Å². The van der Waals surface area contributed by atoms with Crippen molar-refractivity contribution >= 4 is 23.2 Å². The lowest BCUT2D eigenvalue weighted by atomic mass is 9.79. The van der Waals surface area contributed by atoms with Crippen molar-refractivity contribution in [3.63, 3.8) is 0 Å². The summed E-state index contributed by atoms with van der Waals surface area (Å²) in [5.74, 6) is 1.57. The van der Waals surface area contributed by atoms with E-state index in [1.54, 1.807) is 0 Å². The molecular formula is C16H24Cl2N2O. The Morgan fingerprint density at radius 3 is 2.14 bits per heavy atom. The highest BCUT2D eigenvalue weighted by molar-refractivity contribution is 6.34. The van der Waals surface area contributed by atoms with E-state index in [0.29, 0.717) is 22.7 Å². The highest BCUT2D eigenvalue weighted by Crippen LogP contribution is 2.42. The number of rotatable bonds is 4. The summed E-state index contributed by atoms with van der Waals surface area (Å²) < 4.78 is 6.07. The minimum Gasteiger partial charge on any atom is -0.367 e. The molecule has 0 atom stereocenters. The maximum Gasteiger partial charge on any atom is 0.163 e. The molecule has 3 nitrogen and oxygen atoms in total. The second kappa shape index (κ2) is 6.80. The van der Waals surface area contributed by atoms with Crippen molar-refractivity contribution in [2.24, 2.45) is 5.92 Å². The monoisotopic (exact) mass is 330 g/mol. The van der Waals surface area contributed by atoms with Crippen LogP contribution in [-0.4, -0.2) is 16.6 Å². The zero-order valence-electron chi connectivity index (χ0n) is 13.2. The number of aromatic nitrogens is 2. The van der Waals surface area contributed by atoms with Crippen molar-refractivity contribution in [2.45, 2.75) is 64.9 Å². The zero-order valence-corrected chi connectivity index (χ0v) is 14.8. The first-order valence-corrected chi connectivity index (χ1v) is 8.52. The molecule has 0 N–H and O–H groups in total. The summed E-state index contributed by atoms with van der Waals surface area (Å²) in [5, 5.41) is 0.912. The largest absolute Gasteiger partial charge is 0.367 e. The maximum absolute atomic E-state index is 6.35. The Labute approximate surface area is 137 Å². The van der Waals surface area contributed by atoms with Gasteiger partial charge in [0.05, 0.1) is 0 Å². The quantitative estimate of drug-likeness (QED) is 0.698. The van der Waals surface area contributed by atoms with E-state index in [-0.39, 0.29) is 5.92 Å². The van der Waals surface area contributed by atoms with Gasteiger partial charge in [0.1, 0.15) is 15.9 Å². The predicted molar refractivity (Wildman–Crippen MR) is 87.1 cm³/mol. The molecule has 1 aliphatic carbocycles. The van der Waals surface area contributed by atoms with E-state index in [1.165, 1.54) is 0 Å². The number of nitrogens with zero attached hydrogens (tertiary/aromatic N) is 2. The van der Waals surface area contributed by atoms with Gasteiger partial charge in [-0.1, -0.05) is 44.0 Å². The molecule has 0 aromatic carbocycles. The Morgan fingerprint density at radius 1 is 1.19 bits per heavy atom. The number of hydrogen-bond donors (Lipinski definition) is 0. The first-order valence-electron chi connectivity index (χ1n) is 7.77. The van der Waals surface area contributed by atoms with Gasteiger partial charge in [-0.05, 0) is 44.4 Å². The van der Waals surface area contributed by atoms with Crippen LogP contribution in [0.15, 0.2) is 0 Å². The molecule has 0 radical (unpaired) electrons. The van der Waals surface area contributed by atoms with Crippen LogP contribution in [0.5, 0.6) is 0 Å². The molecule has 1 saturated carbocycles. The second-order valence-electron chi connectivity index (χ2n) is 6.31. The Balaban J connectivity index is 2.42. The van der Waals surface area contributed by atoms with E-state index in [9.17, 15) is 0 Å². The average Bonchev–Trinajstić information content (AvgIpc) is 2.40. The summed E-state index contributed by atoms with van der Waals surface area (Å²) >= 11 is 12.7. The first-order chi connectivity index (χ1) is 9.89. The van der Waals surface area contributed by atoms with Gasteiger partial charge in [0.15, 0.2) is 5.82 Å². The van der Waals surface area contributed by atoms with Crippen LogP contribution in [-0.2, 0) is 10.3 Å². The zero-order chi connectivity index (χ0) is 15.6. The topological polar surface area (TPSA) is 35.0 Å². The Hall–Kier alpha value is -0.380. The van der Waals surface area contributed by atoms with Crippen LogP contribution in [0.2, 0.25) is 10.3 Å². The van der Waals surface area contributed by atoms with Crippen LogP contribution in [0.1, 0.15) is 70.7 Å². The molecule has 0 amide bonds. The molecule has 1 aromatic heterocycles. The van der Waals surface area contributed by atoms with E-state index in [2.05, 4.69) is 16.9 Å². The predicted octanol–water partition coefficient (Wildman–Crippen LogP) is 5.35. The fraction of sp³-hybridized carbons (Fsp3) is 0.750. The standard InChI is InChI=1S/C16H24Cl2N2O/c1-5-21-16(8-6-11(4)7-9-16)15-19-13(17)12(10(2)3)14(18)20-15/h10-11H,5-9H2,1-4H3. The fourth-order valence-electron chi connectivity index (χ4n) is 3.03. The molecule has 1 aliphatic rings. The SMILES string of the molecule is CCOC1(c2nc(Cl)c(C(C)C)c(Cl)n2)CCC(C)CC1. The number of ether oxygens (including phenoxy) is 1. The molecule has 0 unspecified atom stereocenters. The summed E-state index contributed by atoms with van der Waals surface area (Å²) in [5.41, 5.74) is 0.391. The van der Waals surface area contributed by atoms with Crippen LogP contribution in [0, 0.1) is 5.92 Å². The Morgan fingerprint density at radius 2 is 1.71 bits per heavy atom. The van der Waals surface area contributed by atoms with Gasteiger partial charge < -0.3 is 4.74 Å². The van der Waals surface area contributed by atoms with Gasteiger partial charge in [0.25, 0.3) is 0 Å². The van der Waals surface area contributed by atoms with Crippen LogP contribution in [0.3, 0.4) is 0 Å². The highest BCUT2D eigenvalue weighted by Gasteiger charge is 2.40. The van der Waals surface area contributed by atoms with Crippen molar-refractivity contribution in [1.82, 2.24) is 9.97 Å². The average molecular weight is 331 g/mol. The van der Waals surface area contributed by atoms with Gasteiger partial charge in [0.2, 0.25) is 0 Å². The van der Waals surface area contributed by atoms with Gasteiger partial charge in [-0.25, -0.2) is 9.97 Å². The van der Waals surface area contributed by atoms with E-state index < -0.39 is 5.60 Å². The highest BCUT2D eigenvalue weighted by atomic mass is 35.5. The first kappa shape index (κ1) is 17.0. The Kier molecular flexibility index (Phi) is 5.50. The third-order valence-corrected chi connectivity index (χ3v) is 4.92. The van der Waals surface area contributed by atoms with E-state index >= 15 is 0 Å². The lowest BCUT2D eigenvalue weighted by Gasteiger charge is -2.38. The summed E-state index contributed by atoms with van der Waals surface area (Å²) in [6, 6.07) is 0. The lowest BCUT2D eigenvalue weighted by molar-refractivity contribution is -0.0837. The van der Waals surface area contributed by atoms with Crippen LogP contribution >= 0.6 is 23.2 Å². The summed E-state index contributed by atoms with van der Waals surface area (Å²) in [7, 11) is 0. The normalized spacial score (nSPS) is 26.3. The van der Waals surface area contributed by atoms with Crippen LogP contribution in [0.25, 0.3) is 0 Å². The molecular weight excluding hydrogens is 307 g/mol. The van der Waals surface area contributed by atoms with E-state index in [4.69, 9.17) is 27.9 Å². The van der Waals surface area contributed by atoms with Gasteiger partial charge in [-0.15, -0.1) is 0 Å². The molecule has 0 aliphatic heterocycles. The molecule has 0 spiro atoms. The minimum atomic E-state index is -0.427. The smallest absolute Gasteiger partial charge is 0.163 e. The van der Waals surface area contributed by atoms with Gasteiger partial charge >= 0.3 is 0 Å². The van der Waals surface area contributed by atoms with Crippen molar-refractivity contribution in [1.29, 1.82) is 0 Å². The molecule has 1 heterocycles. The van der Waals surface area contributed by atoms with Crippen LogP contribution < -0.4 is 0 Å². The minimum absolute atomic E-state index is 0.202. The second-order valence-corrected chi connectivity index (χ2v) is 7.02. The van der Waals surface area contributed by atoms with Gasteiger partial charge in [-0.3, -0.25) is 0 Å². The maximum atomic E-state index is 6.35. The molecule has 21 heavy (non-hydrogen) atoms. The van der Waals surface area contributed by atoms with Crippen molar-refractivity contribution in [2.75, 3.05) is 6.61 Å². The molecule has 2 rings (SSSR count). The van der Waals surface area contributed by atoms with Crippen molar-refractivity contribution < 1.29 is 4.74 Å². The van der Waals surface area contributed by atoms with Gasteiger partial charge in [-0.2, -0.15) is 0 Å². The van der Waals surface area contributed by atoms with Gasteiger partial charge in [0, 0.05) is 12.2 Å². The molecule has 1 aromatic rings. The summed E-state index contributed by atoms with van der Waals surface area (Å²) in [4.78, 5) is 9.08. The molecule has 1 fully saturated rings. The van der Waals surface area contributed by atoms with Crippen LogP contribution in [0.4, 0.5) is 0 Å².